The summed E-state index contributed by atoms with van der Waals surface area (Å²) in [6.07, 6.45) is 3.62. The van der Waals surface area contributed by atoms with E-state index in [1.165, 1.54) is 12.1 Å². The molecule has 0 spiro atoms. The highest BCUT2D eigenvalue weighted by Crippen LogP contribution is 2.25. The van der Waals surface area contributed by atoms with Crippen LogP contribution in [-0.4, -0.2) is 37.9 Å². The Morgan fingerprint density at radius 3 is 2.59 bits per heavy atom. The van der Waals surface area contributed by atoms with Gasteiger partial charge in [-0.3, -0.25) is 9.78 Å². The number of nitrogens with zero attached hydrogens (tertiary/aromatic N) is 4. The Balaban J connectivity index is 1.45. The molecule has 0 saturated carbocycles. The molecule has 9 heteroatoms. The molecule has 164 valence electrons. The van der Waals surface area contributed by atoms with Gasteiger partial charge in [0.1, 0.15) is 22.8 Å². The Morgan fingerprint density at radius 2 is 1.91 bits per heavy atom. The molecule has 1 aliphatic rings. The van der Waals surface area contributed by atoms with E-state index in [1.807, 2.05) is 11.6 Å². The highest BCUT2D eigenvalue weighted by atomic mass is 19.1. The predicted molar refractivity (Wildman–Crippen MR) is 114 cm³/mol. The van der Waals surface area contributed by atoms with Crippen LogP contribution in [0.2, 0.25) is 0 Å². The zero-order valence-corrected chi connectivity index (χ0v) is 17.4. The number of nitrogens with one attached hydrogen (secondary N) is 1. The number of pyridine rings is 1. The fourth-order valence-electron chi connectivity index (χ4n) is 4.12. The van der Waals surface area contributed by atoms with E-state index in [1.54, 1.807) is 18.3 Å². The number of hydrogen-bond acceptors (Lipinski definition) is 5. The Bertz CT molecular complexity index is 1320. The minimum absolute atomic E-state index is 0.148. The first-order valence-corrected chi connectivity index (χ1v) is 10.4. The van der Waals surface area contributed by atoms with Gasteiger partial charge < -0.3 is 9.72 Å². The van der Waals surface area contributed by atoms with Crippen LogP contribution in [-0.2, 0) is 11.2 Å². The number of benzene rings is 1. The quantitative estimate of drug-likeness (QED) is 0.526. The first-order chi connectivity index (χ1) is 15.5. The van der Waals surface area contributed by atoms with E-state index in [0.717, 1.165) is 24.5 Å². The van der Waals surface area contributed by atoms with Crippen molar-refractivity contribution in [1.82, 2.24) is 24.7 Å². The molecule has 4 aromatic rings. The smallest absolute Gasteiger partial charge is 0.262 e. The Kier molecular flexibility index (Phi) is 5.26. The highest BCUT2D eigenvalue weighted by molar-refractivity contribution is 5.77. The molecule has 4 heterocycles. The first-order valence-electron chi connectivity index (χ1n) is 10.4. The molecule has 5 rings (SSSR count). The van der Waals surface area contributed by atoms with E-state index in [0.29, 0.717) is 53.4 Å². The maximum Gasteiger partial charge on any atom is 0.262 e. The van der Waals surface area contributed by atoms with Gasteiger partial charge in [0.15, 0.2) is 5.65 Å². The number of fused-ring (bicyclic) bond motifs is 1. The molecule has 1 N–H and O–H groups in total. The van der Waals surface area contributed by atoms with Crippen LogP contribution in [0.3, 0.4) is 0 Å². The molecular weight excluding hydrogens is 416 g/mol. The van der Waals surface area contributed by atoms with Crippen molar-refractivity contribution < 1.29 is 13.5 Å². The molecule has 0 bridgehead atoms. The molecule has 0 aliphatic carbocycles. The summed E-state index contributed by atoms with van der Waals surface area (Å²) in [7, 11) is 0. The Labute approximate surface area is 182 Å². The van der Waals surface area contributed by atoms with Crippen LogP contribution in [0.15, 0.2) is 41.3 Å². The standard InChI is InChI=1S/C23H21F2N5O2/c1-13-21-22(30(29-13)18-4-6-32-7-5-18)27-20(28-23(21)31)8-14-2-3-19(26-12-14)15-9-16(24)11-17(25)10-15/h2-3,9-12,18H,4-8H2,1H3,(H,27,28,31). The van der Waals surface area contributed by atoms with Crippen molar-refractivity contribution in [2.45, 2.75) is 32.2 Å². The lowest BCUT2D eigenvalue weighted by Gasteiger charge is -2.22. The van der Waals surface area contributed by atoms with E-state index in [9.17, 15) is 13.6 Å². The second-order valence-electron chi connectivity index (χ2n) is 7.97. The minimum atomic E-state index is -0.655. The van der Waals surface area contributed by atoms with Gasteiger partial charge in [-0.1, -0.05) is 6.07 Å². The number of H-pyrrole nitrogens is 1. The van der Waals surface area contributed by atoms with Gasteiger partial charge in [-0.2, -0.15) is 5.10 Å². The molecule has 3 aromatic heterocycles. The summed E-state index contributed by atoms with van der Waals surface area (Å²) in [6, 6.07) is 6.93. The van der Waals surface area contributed by atoms with Gasteiger partial charge in [0.05, 0.1) is 17.4 Å². The van der Waals surface area contributed by atoms with Crippen molar-refractivity contribution in [3.63, 3.8) is 0 Å². The van der Waals surface area contributed by atoms with Crippen LogP contribution in [0.4, 0.5) is 8.78 Å². The van der Waals surface area contributed by atoms with Crippen LogP contribution in [0.5, 0.6) is 0 Å². The SMILES string of the molecule is Cc1nn(C2CCOCC2)c2nc(Cc3ccc(-c4cc(F)cc(F)c4)nc3)[nH]c(=O)c12. The topological polar surface area (TPSA) is 85.7 Å². The van der Waals surface area contributed by atoms with Gasteiger partial charge in [-0.15, -0.1) is 0 Å². The number of aromatic nitrogens is 5. The van der Waals surface area contributed by atoms with Gasteiger partial charge in [0.25, 0.3) is 5.56 Å². The summed E-state index contributed by atoms with van der Waals surface area (Å²) >= 11 is 0. The summed E-state index contributed by atoms with van der Waals surface area (Å²) in [5.74, 6) is -0.808. The predicted octanol–water partition coefficient (Wildman–Crippen LogP) is 3.71. The zero-order chi connectivity index (χ0) is 22.2. The maximum atomic E-state index is 13.5. The summed E-state index contributed by atoms with van der Waals surface area (Å²) in [5, 5.41) is 5.09. The third kappa shape index (κ3) is 3.91. The van der Waals surface area contributed by atoms with E-state index in [2.05, 4.69) is 15.1 Å². The second-order valence-corrected chi connectivity index (χ2v) is 7.97. The van der Waals surface area contributed by atoms with Gasteiger partial charge >= 0.3 is 0 Å². The van der Waals surface area contributed by atoms with Crippen LogP contribution < -0.4 is 5.56 Å². The average Bonchev–Trinajstić information content (AvgIpc) is 3.11. The largest absolute Gasteiger partial charge is 0.381 e. The average molecular weight is 437 g/mol. The second kappa shape index (κ2) is 8.23. The third-order valence-electron chi connectivity index (χ3n) is 5.68. The number of aryl methyl sites for hydroxylation is 1. The summed E-state index contributed by atoms with van der Waals surface area (Å²) in [4.78, 5) is 24.6. The Hall–Kier alpha value is -3.46. The minimum Gasteiger partial charge on any atom is -0.381 e. The summed E-state index contributed by atoms with van der Waals surface area (Å²) in [6.45, 7) is 3.13. The molecule has 1 fully saturated rings. The van der Waals surface area contributed by atoms with E-state index >= 15 is 0 Å². The number of aromatic amines is 1. The van der Waals surface area contributed by atoms with Gasteiger partial charge in [0, 0.05) is 37.5 Å². The molecule has 32 heavy (non-hydrogen) atoms. The van der Waals surface area contributed by atoms with Crippen LogP contribution in [0, 0.1) is 18.6 Å². The molecule has 7 nitrogen and oxygen atoms in total. The van der Waals surface area contributed by atoms with Gasteiger partial charge in [0.2, 0.25) is 0 Å². The number of ether oxygens (including phenoxy) is 1. The van der Waals surface area contributed by atoms with E-state index in [-0.39, 0.29) is 11.6 Å². The molecule has 0 atom stereocenters. The zero-order valence-electron chi connectivity index (χ0n) is 17.4. The van der Waals surface area contributed by atoms with Crippen LogP contribution >= 0.6 is 0 Å². The molecule has 1 aromatic carbocycles. The molecule has 1 aliphatic heterocycles. The van der Waals surface area contributed by atoms with Crippen LogP contribution in [0.1, 0.15) is 36.0 Å². The highest BCUT2D eigenvalue weighted by Gasteiger charge is 2.22. The van der Waals surface area contributed by atoms with Crippen molar-refractivity contribution in [2.24, 2.45) is 0 Å². The third-order valence-corrected chi connectivity index (χ3v) is 5.68. The van der Waals surface area contributed by atoms with E-state index < -0.39 is 11.6 Å². The lowest BCUT2D eigenvalue weighted by atomic mass is 10.1. The summed E-state index contributed by atoms with van der Waals surface area (Å²) in [5.41, 5.74) is 2.63. The maximum absolute atomic E-state index is 13.5. The monoisotopic (exact) mass is 437 g/mol. The van der Waals surface area contributed by atoms with Crippen molar-refractivity contribution in [1.29, 1.82) is 0 Å². The fourth-order valence-corrected chi connectivity index (χ4v) is 4.12. The van der Waals surface area contributed by atoms with Crippen molar-refractivity contribution in [2.75, 3.05) is 13.2 Å². The number of rotatable bonds is 4. The molecule has 0 amide bonds. The number of hydrogen-bond donors (Lipinski definition) is 1. The molecule has 0 unspecified atom stereocenters. The number of halogens is 2. The van der Waals surface area contributed by atoms with Crippen molar-refractivity contribution >= 4 is 11.0 Å². The fraction of sp³-hybridized carbons (Fsp3) is 0.304. The lowest BCUT2D eigenvalue weighted by Crippen LogP contribution is -2.21. The van der Waals surface area contributed by atoms with Crippen molar-refractivity contribution in [3.05, 3.63) is 75.6 Å². The normalized spacial score (nSPS) is 14.8. The molecule has 0 radical (unpaired) electrons. The van der Waals surface area contributed by atoms with Crippen molar-refractivity contribution in [3.8, 4) is 11.3 Å². The van der Waals surface area contributed by atoms with Gasteiger partial charge in [-0.05, 0) is 43.5 Å². The van der Waals surface area contributed by atoms with Crippen LogP contribution in [0.25, 0.3) is 22.3 Å². The Morgan fingerprint density at radius 1 is 1.16 bits per heavy atom. The first kappa shape index (κ1) is 20.4. The van der Waals surface area contributed by atoms with Gasteiger partial charge in [-0.25, -0.2) is 18.4 Å². The summed E-state index contributed by atoms with van der Waals surface area (Å²) < 4.78 is 34.3. The molecular formula is C23H21F2N5O2. The van der Waals surface area contributed by atoms with E-state index in [4.69, 9.17) is 9.72 Å². The molecule has 1 saturated heterocycles. The lowest BCUT2D eigenvalue weighted by molar-refractivity contribution is 0.0672.